The van der Waals surface area contributed by atoms with E-state index in [1.807, 2.05) is 0 Å². The standard InChI is InChI=1S/C22H20N4O6/c23-14-8-17-18(32-6-5-31-17)9-15(14)24-10-11-1-2-12-13(7-11)22(30)26(21(12)29)16-3-4-19(27)25-20(16)28/h1-2,7-9,16,24H,3-6,10,23H2,(H,25,27,28). The number of benzene rings is 2. The first-order valence-corrected chi connectivity index (χ1v) is 10.2. The predicted octanol–water partition coefficient (Wildman–Crippen LogP) is 1.05. The number of amides is 4. The second-order valence-corrected chi connectivity index (χ2v) is 7.76. The number of rotatable bonds is 4. The summed E-state index contributed by atoms with van der Waals surface area (Å²) in [5.74, 6) is -0.923. The lowest BCUT2D eigenvalue weighted by molar-refractivity contribution is -0.136. The third-order valence-corrected chi connectivity index (χ3v) is 5.70. The van der Waals surface area contributed by atoms with Gasteiger partial charge in [0.25, 0.3) is 11.8 Å². The quantitative estimate of drug-likeness (QED) is 0.477. The van der Waals surface area contributed by atoms with Crippen molar-refractivity contribution in [2.24, 2.45) is 0 Å². The van der Waals surface area contributed by atoms with Crippen LogP contribution in [0.15, 0.2) is 30.3 Å². The van der Waals surface area contributed by atoms with Crippen molar-refractivity contribution in [1.82, 2.24) is 10.2 Å². The van der Waals surface area contributed by atoms with Gasteiger partial charge in [-0.15, -0.1) is 0 Å². The van der Waals surface area contributed by atoms with Crippen LogP contribution in [0.1, 0.15) is 39.1 Å². The van der Waals surface area contributed by atoms with Gasteiger partial charge >= 0.3 is 0 Å². The highest BCUT2D eigenvalue weighted by molar-refractivity contribution is 6.23. The molecule has 164 valence electrons. The van der Waals surface area contributed by atoms with E-state index in [-0.39, 0.29) is 24.0 Å². The molecule has 2 aromatic rings. The van der Waals surface area contributed by atoms with Gasteiger partial charge in [0.2, 0.25) is 11.8 Å². The number of nitrogen functional groups attached to an aromatic ring is 1. The third kappa shape index (κ3) is 3.29. The molecule has 0 aromatic heterocycles. The second-order valence-electron chi connectivity index (χ2n) is 7.76. The third-order valence-electron chi connectivity index (χ3n) is 5.70. The van der Waals surface area contributed by atoms with Gasteiger partial charge in [-0.25, -0.2) is 0 Å². The van der Waals surface area contributed by atoms with E-state index < -0.39 is 29.7 Å². The summed E-state index contributed by atoms with van der Waals surface area (Å²) in [6.07, 6.45) is 0.198. The number of nitrogens with zero attached hydrogens (tertiary/aromatic N) is 1. The van der Waals surface area contributed by atoms with Crippen LogP contribution < -0.4 is 25.8 Å². The van der Waals surface area contributed by atoms with E-state index in [2.05, 4.69) is 10.6 Å². The topological polar surface area (TPSA) is 140 Å². The Labute approximate surface area is 182 Å². The van der Waals surface area contributed by atoms with Gasteiger partial charge in [-0.1, -0.05) is 6.07 Å². The highest BCUT2D eigenvalue weighted by Crippen LogP contribution is 2.37. The summed E-state index contributed by atoms with van der Waals surface area (Å²) in [5, 5.41) is 5.40. The van der Waals surface area contributed by atoms with E-state index in [0.29, 0.717) is 42.6 Å². The Morgan fingerprint density at radius 3 is 2.47 bits per heavy atom. The highest BCUT2D eigenvalue weighted by atomic mass is 16.6. The Hall–Kier alpha value is -4.08. The Morgan fingerprint density at radius 2 is 1.72 bits per heavy atom. The first-order valence-electron chi connectivity index (χ1n) is 10.2. The molecule has 1 atom stereocenters. The molecule has 10 heteroatoms. The number of nitrogens with one attached hydrogen (secondary N) is 2. The molecule has 32 heavy (non-hydrogen) atoms. The minimum Gasteiger partial charge on any atom is -0.486 e. The normalized spacial score (nSPS) is 19.6. The molecule has 0 aliphatic carbocycles. The Bertz CT molecular complexity index is 1180. The van der Waals surface area contributed by atoms with Crippen molar-refractivity contribution in [3.05, 3.63) is 47.0 Å². The molecule has 3 aliphatic rings. The van der Waals surface area contributed by atoms with E-state index in [0.717, 1.165) is 10.5 Å². The monoisotopic (exact) mass is 436 g/mol. The maximum atomic E-state index is 12.9. The Morgan fingerprint density at radius 1 is 1.00 bits per heavy atom. The van der Waals surface area contributed by atoms with Gasteiger partial charge in [-0.2, -0.15) is 0 Å². The van der Waals surface area contributed by atoms with Crippen molar-refractivity contribution in [3.8, 4) is 11.5 Å². The number of anilines is 2. The number of hydrogen-bond donors (Lipinski definition) is 3. The molecule has 0 saturated carbocycles. The van der Waals surface area contributed by atoms with E-state index in [1.165, 1.54) is 0 Å². The van der Waals surface area contributed by atoms with Gasteiger partial charge < -0.3 is 20.5 Å². The molecule has 1 fully saturated rings. The molecule has 3 aliphatic heterocycles. The van der Waals surface area contributed by atoms with Gasteiger partial charge in [-0.3, -0.25) is 29.4 Å². The van der Waals surface area contributed by atoms with Crippen LogP contribution >= 0.6 is 0 Å². The lowest BCUT2D eigenvalue weighted by Crippen LogP contribution is -2.54. The second kappa shape index (κ2) is 7.56. The number of carbonyl (C=O) groups excluding carboxylic acids is 4. The van der Waals surface area contributed by atoms with E-state index >= 15 is 0 Å². The summed E-state index contributed by atoms with van der Waals surface area (Å²) in [6.45, 7) is 1.27. The summed E-state index contributed by atoms with van der Waals surface area (Å²) in [5.41, 5.74) is 8.47. The van der Waals surface area contributed by atoms with Gasteiger partial charge in [0, 0.05) is 25.1 Å². The fraction of sp³-hybridized carbons (Fsp3) is 0.273. The SMILES string of the molecule is Nc1cc2c(cc1NCc1ccc3c(c1)C(=O)N(C1CCC(=O)NC1=O)C3=O)OCCO2. The van der Waals surface area contributed by atoms with Gasteiger partial charge in [0.1, 0.15) is 19.3 Å². The number of piperidine rings is 1. The highest BCUT2D eigenvalue weighted by Gasteiger charge is 2.44. The molecule has 0 bridgehead atoms. The summed E-state index contributed by atoms with van der Waals surface area (Å²) in [7, 11) is 0. The molecule has 5 rings (SSSR count). The van der Waals surface area contributed by atoms with Gasteiger partial charge in [0.15, 0.2) is 11.5 Å². The number of carbonyl (C=O) groups is 4. The minimum atomic E-state index is -0.987. The predicted molar refractivity (Wildman–Crippen MR) is 112 cm³/mol. The van der Waals surface area contributed by atoms with E-state index in [9.17, 15) is 19.2 Å². The molecular weight excluding hydrogens is 416 g/mol. The molecule has 0 spiro atoms. The van der Waals surface area contributed by atoms with Crippen LogP contribution in [0.25, 0.3) is 0 Å². The van der Waals surface area contributed by atoms with Crippen molar-refractivity contribution in [1.29, 1.82) is 0 Å². The van der Waals surface area contributed by atoms with Crippen LogP contribution in [-0.2, 0) is 16.1 Å². The molecule has 1 unspecified atom stereocenters. The minimum absolute atomic E-state index is 0.0793. The lowest BCUT2D eigenvalue weighted by Gasteiger charge is -2.27. The van der Waals surface area contributed by atoms with Crippen molar-refractivity contribution >= 4 is 35.0 Å². The maximum Gasteiger partial charge on any atom is 0.262 e. The van der Waals surface area contributed by atoms with Crippen LogP contribution in [0, 0.1) is 0 Å². The molecule has 10 nitrogen and oxygen atoms in total. The molecule has 2 aromatic carbocycles. The summed E-state index contributed by atoms with van der Waals surface area (Å²) in [4.78, 5) is 50.3. The summed E-state index contributed by atoms with van der Waals surface area (Å²) < 4.78 is 11.1. The van der Waals surface area contributed by atoms with Gasteiger partial charge in [0.05, 0.1) is 22.5 Å². The number of fused-ring (bicyclic) bond motifs is 2. The van der Waals surface area contributed by atoms with Crippen LogP contribution in [-0.4, -0.2) is 47.8 Å². The van der Waals surface area contributed by atoms with Crippen LogP contribution in [0.3, 0.4) is 0 Å². The van der Waals surface area contributed by atoms with Crippen molar-refractivity contribution in [2.75, 3.05) is 24.3 Å². The summed E-state index contributed by atoms with van der Waals surface area (Å²) >= 11 is 0. The number of ether oxygens (including phenoxy) is 2. The first kappa shape index (κ1) is 19.9. The van der Waals surface area contributed by atoms with Crippen LogP contribution in [0.4, 0.5) is 11.4 Å². The van der Waals surface area contributed by atoms with E-state index in [4.69, 9.17) is 15.2 Å². The largest absolute Gasteiger partial charge is 0.486 e. The van der Waals surface area contributed by atoms with E-state index in [1.54, 1.807) is 30.3 Å². The Balaban J connectivity index is 1.34. The zero-order valence-electron chi connectivity index (χ0n) is 17.0. The van der Waals surface area contributed by atoms with Gasteiger partial charge in [-0.05, 0) is 24.1 Å². The average molecular weight is 436 g/mol. The molecule has 1 saturated heterocycles. The zero-order chi connectivity index (χ0) is 22.4. The van der Waals surface area contributed by atoms with Crippen LogP contribution in [0.5, 0.6) is 11.5 Å². The zero-order valence-corrected chi connectivity index (χ0v) is 17.0. The lowest BCUT2D eigenvalue weighted by atomic mass is 10.0. The number of hydrogen-bond acceptors (Lipinski definition) is 8. The van der Waals surface area contributed by atoms with Crippen LogP contribution in [0.2, 0.25) is 0 Å². The molecular formula is C22H20N4O6. The van der Waals surface area contributed by atoms with Crippen molar-refractivity contribution < 1.29 is 28.7 Å². The molecule has 3 heterocycles. The van der Waals surface area contributed by atoms with Crippen molar-refractivity contribution in [3.63, 3.8) is 0 Å². The summed E-state index contributed by atoms with van der Waals surface area (Å²) in [6, 6.07) is 7.41. The fourth-order valence-corrected chi connectivity index (χ4v) is 4.08. The fourth-order valence-electron chi connectivity index (χ4n) is 4.08. The molecule has 4 amide bonds. The Kier molecular flexibility index (Phi) is 4.69. The maximum absolute atomic E-state index is 12.9. The number of imide groups is 2. The number of nitrogens with two attached hydrogens (primary N) is 1. The first-order chi connectivity index (χ1) is 15.4. The van der Waals surface area contributed by atoms with Crippen molar-refractivity contribution in [2.45, 2.75) is 25.4 Å². The smallest absolute Gasteiger partial charge is 0.262 e. The molecule has 0 radical (unpaired) electrons. The average Bonchev–Trinajstić information content (AvgIpc) is 3.02. The molecule has 4 N–H and O–H groups in total.